The van der Waals surface area contributed by atoms with E-state index in [0.29, 0.717) is 0 Å². The van der Waals surface area contributed by atoms with Crippen molar-refractivity contribution in [1.29, 1.82) is 10.5 Å². The lowest BCUT2D eigenvalue weighted by Gasteiger charge is -2.23. The van der Waals surface area contributed by atoms with Crippen LogP contribution in [-0.2, 0) is 10.0 Å². The lowest BCUT2D eigenvalue weighted by atomic mass is 10.2. The predicted octanol–water partition coefficient (Wildman–Crippen LogP) is 2.13. The molecule has 1 aromatic carbocycles. The number of rotatable bonds is 4. The van der Waals surface area contributed by atoms with Crippen LogP contribution in [0.5, 0.6) is 0 Å². The Labute approximate surface area is 117 Å². The Morgan fingerprint density at radius 1 is 1.37 bits per heavy atom. The summed E-state index contributed by atoms with van der Waals surface area (Å²) in [5.41, 5.74) is 0.198. The van der Waals surface area contributed by atoms with Crippen LogP contribution in [0.2, 0.25) is 5.02 Å². The number of halogens is 1. The van der Waals surface area contributed by atoms with Crippen LogP contribution in [0.15, 0.2) is 23.1 Å². The van der Waals surface area contributed by atoms with E-state index < -0.39 is 10.0 Å². The lowest BCUT2D eigenvalue weighted by molar-refractivity contribution is 0.385. The molecule has 19 heavy (non-hydrogen) atoms. The van der Waals surface area contributed by atoms with Crippen LogP contribution in [-0.4, -0.2) is 25.3 Å². The number of hydrogen-bond donors (Lipinski definition) is 0. The molecule has 5 nitrogen and oxygen atoms in total. The van der Waals surface area contributed by atoms with Gasteiger partial charge in [0.15, 0.2) is 0 Å². The fourth-order valence-electron chi connectivity index (χ4n) is 1.51. The van der Waals surface area contributed by atoms with Gasteiger partial charge in [0.25, 0.3) is 0 Å². The molecule has 0 aromatic heterocycles. The number of benzene rings is 1. The van der Waals surface area contributed by atoms with Gasteiger partial charge in [-0.3, -0.25) is 0 Å². The van der Waals surface area contributed by atoms with Crippen molar-refractivity contribution >= 4 is 21.6 Å². The molecule has 0 fully saturated rings. The second-order valence-corrected chi connectivity index (χ2v) is 6.33. The minimum Gasteiger partial charge on any atom is -0.207 e. The Hall–Kier alpha value is -1.60. The zero-order chi connectivity index (χ0) is 14.6. The van der Waals surface area contributed by atoms with Crippen LogP contribution >= 0.6 is 11.6 Å². The van der Waals surface area contributed by atoms with Gasteiger partial charge in [-0.15, -0.1) is 0 Å². The Bertz CT molecular complexity index is 657. The van der Waals surface area contributed by atoms with Gasteiger partial charge in [-0.25, -0.2) is 8.42 Å². The van der Waals surface area contributed by atoms with Gasteiger partial charge in [-0.1, -0.05) is 11.6 Å². The molecule has 1 aromatic rings. The van der Waals surface area contributed by atoms with E-state index in [1.807, 2.05) is 12.1 Å². The third kappa shape index (κ3) is 3.24. The highest BCUT2D eigenvalue weighted by atomic mass is 35.5. The van der Waals surface area contributed by atoms with E-state index in [4.69, 9.17) is 22.1 Å². The van der Waals surface area contributed by atoms with Crippen molar-refractivity contribution < 1.29 is 8.42 Å². The number of sulfonamides is 1. The van der Waals surface area contributed by atoms with E-state index in [1.54, 1.807) is 13.8 Å². The van der Waals surface area contributed by atoms with Crippen LogP contribution in [0, 0.1) is 22.7 Å². The summed E-state index contributed by atoms with van der Waals surface area (Å²) in [4.78, 5) is -0.155. The van der Waals surface area contributed by atoms with E-state index >= 15 is 0 Å². The summed E-state index contributed by atoms with van der Waals surface area (Å²) in [5.74, 6) is 0. The van der Waals surface area contributed by atoms with Gasteiger partial charge in [-0.2, -0.15) is 14.8 Å². The van der Waals surface area contributed by atoms with Crippen molar-refractivity contribution in [3.8, 4) is 12.1 Å². The number of nitrogens with zero attached hydrogens (tertiary/aromatic N) is 3. The summed E-state index contributed by atoms with van der Waals surface area (Å²) in [7, 11) is -3.90. The second-order valence-electron chi connectivity index (χ2n) is 4.06. The molecule has 7 heteroatoms. The molecule has 0 amide bonds. The lowest BCUT2D eigenvalue weighted by Crippen LogP contribution is -2.37. The van der Waals surface area contributed by atoms with Crippen molar-refractivity contribution in [1.82, 2.24) is 4.31 Å². The molecule has 0 bridgehead atoms. The Morgan fingerprint density at radius 2 is 2.00 bits per heavy atom. The van der Waals surface area contributed by atoms with Crippen molar-refractivity contribution in [3.05, 3.63) is 28.8 Å². The molecular weight excluding hydrogens is 286 g/mol. The van der Waals surface area contributed by atoms with Crippen molar-refractivity contribution in [2.24, 2.45) is 0 Å². The van der Waals surface area contributed by atoms with Gasteiger partial charge in [0.1, 0.15) is 11.4 Å². The predicted molar refractivity (Wildman–Crippen MR) is 70.8 cm³/mol. The van der Waals surface area contributed by atoms with E-state index in [0.717, 1.165) is 4.31 Å². The molecule has 0 aliphatic carbocycles. The fraction of sp³-hybridized carbons (Fsp3) is 0.333. The van der Waals surface area contributed by atoms with Gasteiger partial charge in [-0.05, 0) is 32.0 Å². The van der Waals surface area contributed by atoms with Crippen LogP contribution in [0.1, 0.15) is 19.4 Å². The summed E-state index contributed by atoms with van der Waals surface area (Å²) in [6, 6.07) is 7.30. The second kappa shape index (κ2) is 6.03. The SMILES string of the molecule is CC(C)N(CC#N)S(=O)(=O)c1cc(C#N)ccc1Cl. The first-order valence-corrected chi connectivity index (χ1v) is 7.24. The minimum absolute atomic E-state index is 0.0302. The largest absolute Gasteiger partial charge is 0.245 e. The molecule has 0 N–H and O–H groups in total. The van der Waals surface area contributed by atoms with E-state index in [9.17, 15) is 8.42 Å². The standard InChI is InChI=1S/C12H12ClN3O2S/c1-9(2)16(6-5-14)19(17,18)12-7-10(8-15)3-4-11(12)13/h3-4,7,9H,6H2,1-2H3. The van der Waals surface area contributed by atoms with Gasteiger partial charge in [0, 0.05) is 6.04 Å². The molecular formula is C12H12ClN3O2S. The molecule has 0 radical (unpaired) electrons. The smallest absolute Gasteiger partial charge is 0.207 e. The molecule has 0 saturated heterocycles. The molecule has 0 atom stereocenters. The van der Waals surface area contributed by atoms with Crippen LogP contribution in [0.4, 0.5) is 0 Å². The number of hydrogen-bond acceptors (Lipinski definition) is 4. The normalized spacial score (nSPS) is 11.3. The molecule has 1 rings (SSSR count). The summed E-state index contributed by atoms with van der Waals surface area (Å²) < 4.78 is 25.9. The maximum atomic E-state index is 12.4. The summed E-state index contributed by atoms with van der Waals surface area (Å²) in [6.45, 7) is 3.06. The fourth-order valence-corrected chi connectivity index (χ4v) is 3.55. The molecule has 0 saturated carbocycles. The summed E-state index contributed by atoms with van der Waals surface area (Å²) in [6.07, 6.45) is 0. The van der Waals surface area contributed by atoms with Crippen molar-refractivity contribution in [3.63, 3.8) is 0 Å². The average molecular weight is 298 g/mol. The Kier molecular flexibility index (Phi) is 4.90. The Morgan fingerprint density at radius 3 is 2.47 bits per heavy atom. The monoisotopic (exact) mass is 297 g/mol. The average Bonchev–Trinajstić information content (AvgIpc) is 2.35. The van der Waals surface area contributed by atoms with Crippen LogP contribution < -0.4 is 0 Å². The molecule has 100 valence electrons. The highest BCUT2D eigenvalue weighted by Gasteiger charge is 2.29. The first-order valence-electron chi connectivity index (χ1n) is 5.43. The molecule has 0 unspecified atom stereocenters. The molecule has 0 heterocycles. The van der Waals surface area contributed by atoms with Gasteiger partial charge >= 0.3 is 0 Å². The van der Waals surface area contributed by atoms with Crippen LogP contribution in [0.3, 0.4) is 0 Å². The quantitative estimate of drug-likeness (QED) is 0.797. The zero-order valence-electron chi connectivity index (χ0n) is 10.5. The third-order valence-corrected chi connectivity index (χ3v) is 4.95. The van der Waals surface area contributed by atoms with Crippen molar-refractivity contribution in [2.45, 2.75) is 24.8 Å². The molecule has 0 spiro atoms. The zero-order valence-corrected chi connectivity index (χ0v) is 12.0. The molecule has 0 aliphatic heterocycles. The summed E-state index contributed by atoms with van der Waals surface area (Å²) >= 11 is 5.89. The van der Waals surface area contributed by atoms with E-state index in [2.05, 4.69) is 0 Å². The van der Waals surface area contributed by atoms with Gasteiger partial charge in [0.2, 0.25) is 10.0 Å². The summed E-state index contributed by atoms with van der Waals surface area (Å²) in [5, 5.41) is 17.6. The van der Waals surface area contributed by atoms with E-state index in [1.165, 1.54) is 18.2 Å². The Balaban J connectivity index is 3.42. The van der Waals surface area contributed by atoms with Crippen molar-refractivity contribution in [2.75, 3.05) is 6.54 Å². The third-order valence-electron chi connectivity index (χ3n) is 2.45. The minimum atomic E-state index is -3.90. The maximum absolute atomic E-state index is 12.4. The highest BCUT2D eigenvalue weighted by molar-refractivity contribution is 7.89. The van der Waals surface area contributed by atoms with Gasteiger partial charge < -0.3 is 0 Å². The van der Waals surface area contributed by atoms with E-state index in [-0.39, 0.29) is 28.1 Å². The topological polar surface area (TPSA) is 85.0 Å². The van der Waals surface area contributed by atoms with Crippen LogP contribution in [0.25, 0.3) is 0 Å². The highest BCUT2D eigenvalue weighted by Crippen LogP contribution is 2.26. The molecule has 0 aliphatic rings. The number of nitriles is 2. The van der Waals surface area contributed by atoms with Gasteiger partial charge in [0.05, 0.1) is 22.7 Å². The first kappa shape index (κ1) is 15.5. The first-order chi connectivity index (χ1) is 8.84. The maximum Gasteiger partial charge on any atom is 0.245 e.